The number of nitrogens with one attached hydrogen (secondary N) is 2. The predicted octanol–water partition coefficient (Wildman–Crippen LogP) is 2.63. The summed E-state index contributed by atoms with van der Waals surface area (Å²) in [4.78, 5) is 11.7. The molecule has 0 saturated heterocycles. The molecule has 2 rings (SSSR count). The molecule has 23 heavy (non-hydrogen) atoms. The van der Waals surface area contributed by atoms with Crippen LogP contribution in [0.2, 0.25) is 0 Å². The minimum absolute atomic E-state index is 0.206. The second-order valence-corrected chi connectivity index (χ2v) is 5.72. The van der Waals surface area contributed by atoms with Gasteiger partial charge in [-0.3, -0.25) is 0 Å². The summed E-state index contributed by atoms with van der Waals surface area (Å²) < 4.78 is 10.6. The highest BCUT2D eigenvalue weighted by Crippen LogP contribution is 2.19. The van der Waals surface area contributed by atoms with Crippen molar-refractivity contribution >= 4 is 6.09 Å². The molecule has 5 heteroatoms. The summed E-state index contributed by atoms with van der Waals surface area (Å²) in [5.41, 5.74) is 0.993. The summed E-state index contributed by atoms with van der Waals surface area (Å²) in [7, 11) is 0. The predicted molar refractivity (Wildman–Crippen MR) is 90.2 cm³/mol. The van der Waals surface area contributed by atoms with E-state index in [4.69, 9.17) is 9.47 Å². The van der Waals surface area contributed by atoms with Crippen LogP contribution in [-0.4, -0.2) is 37.9 Å². The first-order chi connectivity index (χ1) is 11.3. The average Bonchev–Trinajstić information content (AvgIpc) is 2.54. The first kappa shape index (κ1) is 17.5. The SMILES string of the molecule is C=CCCOCCNC1CC(NC(=O)OCc2ccccc2)C1. The maximum atomic E-state index is 11.7. The smallest absolute Gasteiger partial charge is 0.407 e. The fraction of sp³-hybridized carbons (Fsp3) is 0.500. The highest BCUT2D eigenvalue weighted by Gasteiger charge is 2.30. The third-order valence-corrected chi connectivity index (χ3v) is 3.82. The van der Waals surface area contributed by atoms with Crippen LogP contribution in [0.1, 0.15) is 24.8 Å². The first-order valence-corrected chi connectivity index (χ1v) is 8.17. The van der Waals surface area contributed by atoms with Gasteiger partial charge in [-0.1, -0.05) is 36.4 Å². The van der Waals surface area contributed by atoms with E-state index in [1.165, 1.54) is 0 Å². The number of hydrogen-bond acceptors (Lipinski definition) is 4. The summed E-state index contributed by atoms with van der Waals surface area (Å²) in [6.07, 6.45) is 4.28. The van der Waals surface area contributed by atoms with Gasteiger partial charge in [0.05, 0.1) is 13.2 Å². The van der Waals surface area contributed by atoms with Gasteiger partial charge in [0.15, 0.2) is 0 Å². The number of ether oxygens (including phenoxy) is 2. The van der Waals surface area contributed by atoms with E-state index in [9.17, 15) is 4.79 Å². The van der Waals surface area contributed by atoms with E-state index in [-0.39, 0.29) is 12.1 Å². The molecule has 0 heterocycles. The van der Waals surface area contributed by atoms with Crippen LogP contribution < -0.4 is 10.6 Å². The Balaban J connectivity index is 1.47. The van der Waals surface area contributed by atoms with Gasteiger partial charge in [-0.2, -0.15) is 0 Å². The molecule has 0 aliphatic heterocycles. The Labute approximate surface area is 138 Å². The Bertz CT molecular complexity index is 472. The molecule has 1 aliphatic carbocycles. The van der Waals surface area contributed by atoms with E-state index < -0.39 is 0 Å². The Morgan fingerprint density at radius 2 is 2.00 bits per heavy atom. The molecule has 5 nitrogen and oxygen atoms in total. The number of benzene rings is 1. The summed E-state index contributed by atoms with van der Waals surface area (Å²) in [6, 6.07) is 10.3. The minimum Gasteiger partial charge on any atom is -0.445 e. The van der Waals surface area contributed by atoms with Crippen molar-refractivity contribution in [1.29, 1.82) is 0 Å². The Hall–Kier alpha value is -1.85. The van der Waals surface area contributed by atoms with Crippen molar-refractivity contribution < 1.29 is 14.3 Å². The van der Waals surface area contributed by atoms with Crippen molar-refractivity contribution in [1.82, 2.24) is 10.6 Å². The number of carbonyl (C=O) groups excluding carboxylic acids is 1. The molecule has 1 aliphatic rings. The second-order valence-electron chi connectivity index (χ2n) is 5.72. The number of amides is 1. The van der Waals surface area contributed by atoms with Gasteiger partial charge in [-0.05, 0) is 24.8 Å². The highest BCUT2D eigenvalue weighted by atomic mass is 16.5. The molecule has 2 N–H and O–H groups in total. The Morgan fingerprint density at radius 1 is 1.22 bits per heavy atom. The molecule has 1 aromatic rings. The van der Waals surface area contributed by atoms with Gasteiger partial charge >= 0.3 is 6.09 Å². The largest absolute Gasteiger partial charge is 0.445 e. The third-order valence-electron chi connectivity index (χ3n) is 3.82. The molecule has 0 radical (unpaired) electrons. The van der Waals surface area contributed by atoms with Crippen molar-refractivity contribution in [3.05, 3.63) is 48.6 Å². The van der Waals surface area contributed by atoms with Gasteiger partial charge in [0, 0.05) is 18.6 Å². The summed E-state index contributed by atoms with van der Waals surface area (Å²) in [5, 5.41) is 6.31. The van der Waals surface area contributed by atoms with Crippen LogP contribution in [0.15, 0.2) is 43.0 Å². The van der Waals surface area contributed by atoms with Gasteiger partial charge in [-0.15, -0.1) is 6.58 Å². The molecule has 1 amide bonds. The zero-order valence-electron chi connectivity index (χ0n) is 13.5. The van der Waals surface area contributed by atoms with Gasteiger partial charge in [0.25, 0.3) is 0 Å². The fourth-order valence-corrected chi connectivity index (χ4v) is 2.44. The van der Waals surface area contributed by atoms with Crippen LogP contribution in [0.3, 0.4) is 0 Å². The summed E-state index contributed by atoms with van der Waals surface area (Å²) in [6.45, 7) is 6.24. The fourth-order valence-electron chi connectivity index (χ4n) is 2.44. The molecule has 1 aromatic carbocycles. The van der Waals surface area contributed by atoms with Crippen LogP contribution >= 0.6 is 0 Å². The molecular weight excluding hydrogens is 292 g/mol. The van der Waals surface area contributed by atoms with Crippen LogP contribution in [0.4, 0.5) is 4.79 Å². The quantitative estimate of drug-likeness (QED) is 0.514. The van der Waals surface area contributed by atoms with E-state index in [1.807, 2.05) is 36.4 Å². The van der Waals surface area contributed by atoms with Crippen LogP contribution in [0.5, 0.6) is 0 Å². The standard InChI is InChI=1S/C18H26N2O3/c1-2-3-10-22-11-9-19-16-12-17(13-16)20-18(21)23-14-15-7-5-4-6-8-15/h2,4-8,16-17,19H,1,3,9-14H2,(H,20,21). The lowest BCUT2D eigenvalue weighted by Gasteiger charge is -2.36. The Kier molecular flexibility index (Phi) is 7.63. The van der Waals surface area contributed by atoms with E-state index >= 15 is 0 Å². The Morgan fingerprint density at radius 3 is 2.74 bits per heavy atom. The van der Waals surface area contributed by atoms with Crippen molar-refractivity contribution in [2.24, 2.45) is 0 Å². The van der Waals surface area contributed by atoms with Crippen molar-refractivity contribution in [2.75, 3.05) is 19.8 Å². The van der Waals surface area contributed by atoms with E-state index in [0.29, 0.717) is 19.3 Å². The van der Waals surface area contributed by atoms with Crippen LogP contribution in [-0.2, 0) is 16.1 Å². The first-order valence-electron chi connectivity index (χ1n) is 8.17. The maximum absolute atomic E-state index is 11.7. The topological polar surface area (TPSA) is 59.6 Å². The third kappa shape index (κ3) is 6.84. The molecule has 0 atom stereocenters. The lowest BCUT2D eigenvalue weighted by molar-refractivity contribution is 0.118. The molecule has 1 fully saturated rings. The molecule has 0 unspecified atom stereocenters. The van der Waals surface area contributed by atoms with Gasteiger partial charge < -0.3 is 20.1 Å². The number of rotatable bonds is 10. The number of alkyl carbamates (subject to hydrolysis) is 1. The van der Waals surface area contributed by atoms with Gasteiger partial charge in [0.2, 0.25) is 0 Å². The lowest BCUT2D eigenvalue weighted by Crippen LogP contribution is -2.53. The molecule has 0 spiro atoms. The second kappa shape index (κ2) is 10.0. The zero-order chi connectivity index (χ0) is 16.3. The maximum Gasteiger partial charge on any atom is 0.407 e. The van der Waals surface area contributed by atoms with Crippen molar-refractivity contribution in [3.8, 4) is 0 Å². The summed E-state index contributed by atoms with van der Waals surface area (Å²) in [5.74, 6) is 0. The van der Waals surface area contributed by atoms with E-state index in [2.05, 4.69) is 17.2 Å². The number of carbonyl (C=O) groups is 1. The van der Waals surface area contributed by atoms with Gasteiger partial charge in [0.1, 0.15) is 6.61 Å². The van der Waals surface area contributed by atoms with Crippen LogP contribution in [0, 0.1) is 0 Å². The molecule has 0 aromatic heterocycles. The normalized spacial score (nSPS) is 19.7. The lowest BCUT2D eigenvalue weighted by atomic mass is 9.87. The van der Waals surface area contributed by atoms with Gasteiger partial charge in [-0.25, -0.2) is 4.79 Å². The van der Waals surface area contributed by atoms with Crippen LogP contribution in [0.25, 0.3) is 0 Å². The highest BCUT2D eigenvalue weighted by molar-refractivity contribution is 5.67. The van der Waals surface area contributed by atoms with Crippen molar-refractivity contribution in [2.45, 2.75) is 38.0 Å². The molecular formula is C18H26N2O3. The van der Waals surface area contributed by atoms with Crippen molar-refractivity contribution in [3.63, 3.8) is 0 Å². The molecule has 126 valence electrons. The minimum atomic E-state index is -0.343. The molecule has 1 saturated carbocycles. The van der Waals surface area contributed by atoms with E-state index in [1.54, 1.807) is 0 Å². The zero-order valence-corrected chi connectivity index (χ0v) is 13.5. The monoisotopic (exact) mass is 318 g/mol. The number of hydrogen-bond donors (Lipinski definition) is 2. The summed E-state index contributed by atoms with van der Waals surface area (Å²) >= 11 is 0. The average molecular weight is 318 g/mol. The molecule has 0 bridgehead atoms. The van der Waals surface area contributed by atoms with E-state index in [0.717, 1.165) is 38.0 Å².